The lowest BCUT2D eigenvalue weighted by Gasteiger charge is -2.47. The van der Waals surface area contributed by atoms with Crippen LogP contribution in [0.25, 0.3) is 0 Å². The monoisotopic (exact) mass is 378 g/mol. The number of likely N-dealkylation sites (tertiary alicyclic amines) is 1. The minimum Gasteiger partial charge on any atom is -0.497 e. The molecule has 0 aliphatic carbocycles. The smallest absolute Gasteiger partial charge is 0.266 e. The van der Waals surface area contributed by atoms with E-state index in [1.54, 1.807) is 31.4 Å². The quantitative estimate of drug-likeness (QED) is 0.723. The highest BCUT2D eigenvalue weighted by molar-refractivity contribution is 5.89. The molecule has 1 amide bonds. The van der Waals surface area contributed by atoms with Gasteiger partial charge >= 0.3 is 0 Å². The first-order chi connectivity index (χ1) is 13.7. The van der Waals surface area contributed by atoms with Crippen molar-refractivity contribution in [2.75, 3.05) is 20.3 Å². The standard InChI is InChI=1S/C22H22N2O4/c1-26-17-9-7-16(8-10-17)20-21(28-18-5-2-4-15(12-18)13-23)22(25)24(20)14-19-6-3-11-27-19/h2,4-5,7-10,12,19-21H,3,6,11,14H2,1H3/t19-,20-,21+/m1/s1. The zero-order valence-electron chi connectivity index (χ0n) is 15.7. The molecule has 0 bridgehead atoms. The molecule has 0 aromatic heterocycles. The van der Waals surface area contributed by atoms with Crippen LogP contribution in [0.4, 0.5) is 0 Å². The Morgan fingerprint density at radius 2 is 2.04 bits per heavy atom. The number of benzene rings is 2. The van der Waals surface area contributed by atoms with Gasteiger partial charge in [0, 0.05) is 13.2 Å². The lowest BCUT2D eigenvalue weighted by atomic mass is 9.89. The van der Waals surface area contributed by atoms with E-state index in [-0.39, 0.29) is 18.1 Å². The maximum atomic E-state index is 12.9. The van der Waals surface area contributed by atoms with E-state index >= 15 is 0 Å². The Hall–Kier alpha value is -3.04. The Bertz CT molecular complexity index is 884. The van der Waals surface area contributed by atoms with Gasteiger partial charge in [-0.15, -0.1) is 0 Å². The number of carbonyl (C=O) groups excluding carboxylic acids is 1. The maximum absolute atomic E-state index is 12.9. The number of amides is 1. The highest BCUT2D eigenvalue weighted by Crippen LogP contribution is 2.39. The molecule has 2 saturated heterocycles. The van der Waals surface area contributed by atoms with E-state index in [0.717, 1.165) is 30.8 Å². The molecule has 2 aliphatic rings. The molecule has 2 aliphatic heterocycles. The number of nitriles is 1. The third-order valence-corrected chi connectivity index (χ3v) is 5.26. The second kappa shape index (κ2) is 7.91. The van der Waals surface area contributed by atoms with Crippen LogP contribution in [0, 0.1) is 11.3 Å². The molecular formula is C22H22N2O4. The van der Waals surface area contributed by atoms with Crippen molar-refractivity contribution in [3.63, 3.8) is 0 Å². The van der Waals surface area contributed by atoms with Crippen LogP contribution in [-0.2, 0) is 9.53 Å². The van der Waals surface area contributed by atoms with E-state index in [9.17, 15) is 4.79 Å². The molecule has 2 heterocycles. The summed E-state index contributed by atoms with van der Waals surface area (Å²) in [5, 5.41) is 9.09. The lowest BCUT2D eigenvalue weighted by molar-refractivity contribution is -0.167. The highest BCUT2D eigenvalue weighted by atomic mass is 16.5. The fraction of sp³-hybridized carbons (Fsp3) is 0.364. The van der Waals surface area contributed by atoms with Crippen molar-refractivity contribution in [2.24, 2.45) is 0 Å². The van der Waals surface area contributed by atoms with Crippen molar-refractivity contribution < 1.29 is 19.0 Å². The molecule has 4 rings (SSSR count). The molecule has 0 saturated carbocycles. The summed E-state index contributed by atoms with van der Waals surface area (Å²) in [6, 6.07) is 16.5. The Labute approximate surface area is 164 Å². The number of methoxy groups -OCH3 is 1. The second-order valence-electron chi connectivity index (χ2n) is 7.02. The van der Waals surface area contributed by atoms with E-state index in [2.05, 4.69) is 6.07 Å². The fourth-order valence-electron chi connectivity index (χ4n) is 3.78. The molecule has 2 fully saturated rings. The Morgan fingerprint density at radius 3 is 2.71 bits per heavy atom. The predicted octanol–water partition coefficient (Wildman–Crippen LogP) is 3.08. The van der Waals surface area contributed by atoms with Crippen molar-refractivity contribution in [3.05, 3.63) is 59.7 Å². The van der Waals surface area contributed by atoms with Gasteiger partial charge in [0.25, 0.3) is 5.91 Å². The number of rotatable bonds is 6. The first-order valence-corrected chi connectivity index (χ1v) is 9.42. The zero-order chi connectivity index (χ0) is 19.5. The van der Waals surface area contributed by atoms with Gasteiger partial charge in [-0.2, -0.15) is 5.26 Å². The summed E-state index contributed by atoms with van der Waals surface area (Å²) >= 11 is 0. The van der Waals surface area contributed by atoms with E-state index < -0.39 is 6.10 Å². The number of ether oxygens (including phenoxy) is 3. The van der Waals surface area contributed by atoms with Gasteiger partial charge in [0.1, 0.15) is 17.5 Å². The number of hydrogen-bond acceptors (Lipinski definition) is 5. The van der Waals surface area contributed by atoms with Gasteiger partial charge in [-0.25, -0.2) is 0 Å². The van der Waals surface area contributed by atoms with E-state index in [1.165, 1.54) is 0 Å². The molecular weight excluding hydrogens is 356 g/mol. The predicted molar refractivity (Wildman–Crippen MR) is 102 cm³/mol. The average Bonchev–Trinajstić information content (AvgIpc) is 3.26. The maximum Gasteiger partial charge on any atom is 0.266 e. The van der Waals surface area contributed by atoms with Gasteiger partial charge in [-0.3, -0.25) is 4.79 Å². The van der Waals surface area contributed by atoms with Crippen molar-refractivity contribution >= 4 is 5.91 Å². The topological polar surface area (TPSA) is 71.8 Å². The van der Waals surface area contributed by atoms with Crippen molar-refractivity contribution in [1.29, 1.82) is 5.26 Å². The molecule has 0 N–H and O–H groups in total. The molecule has 2 aromatic rings. The molecule has 144 valence electrons. The Kier molecular flexibility index (Phi) is 5.18. The molecule has 6 nitrogen and oxygen atoms in total. The molecule has 3 atom stereocenters. The number of β-lactam (4-membered cyclic amide) rings is 1. The highest BCUT2D eigenvalue weighted by Gasteiger charge is 2.50. The first-order valence-electron chi connectivity index (χ1n) is 9.42. The zero-order valence-corrected chi connectivity index (χ0v) is 15.7. The molecule has 2 aromatic carbocycles. The Balaban J connectivity index is 1.57. The molecule has 0 spiro atoms. The molecule has 28 heavy (non-hydrogen) atoms. The second-order valence-corrected chi connectivity index (χ2v) is 7.02. The normalized spacial score (nSPS) is 23.8. The summed E-state index contributed by atoms with van der Waals surface area (Å²) in [4.78, 5) is 14.7. The third kappa shape index (κ3) is 3.54. The van der Waals surface area contributed by atoms with Crippen LogP contribution >= 0.6 is 0 Å². The largest absolute Gasteiger partial charge is 0.497 e. The van der Waals surface area contributed by atoms with Crippen LogP contribution in [0.2, 0.25) is 0 Å². The van der Waals surface area contributed by atoms with Crippen LogP contribution in [0.15, 0.2) is 48.5 Å². The third-order valence-electron chi connectivity index (χ3n) is 5.26. The minimum absolute atomic E-state index is 0.0568. The molecule has 0 radical (unpaired) electrons. The van der Waals surface area contributed by atoms with Crippen molar-refractivity contribution in [3.8, 4) is 17.6 Å². The van der Waals surface area contributed by atoms with Gasteiger partial charge in [0.05, 0.1) is 24.8 Å². The Morgan fingerprint density at radius 1 is 1.21 bits per heavy atom. The van der Waals surface area contributed by atoms with Gasteiger partial charge in [-0.1, -0.05) is 18.2 Å². The summed E-state index contributed by atoms with van der Waals surface area (Å²) < 4.78 is 17.0. The number of carbonyl (C=O) groups is 1. The van der Waals surface area contributed by atoms with Gasteiger partial charge in [-0.05, 0) is 48.7 Å². The number of nitrogens with zero attached hydrogens (tertiary/aromatic N) is 2. The molecule has 6 heteroatoms. The van der Waals surface area contributed by atoms with Crippen LogP contribution in [0.5, 0.6) is 11.5 Å². The van der Waals surface area contributed by atoms with Gasteiger partial charge in [0.15, 0.2) is 0 Å². The summed E-state index contributed by atoms with van der Waals surface area (Å²) in [5.41, 5.74) is 1.49. The SMILES string of the molecule is COc1ccc([C@@H]2[C@H](Oc3cccc(C#N)c3)C(=O)N2C[C@H]2CCCO2)cc1. The summed E-state index contributed by atoms with van der Waals surface area (Å²) in [7, 11) is 1.62. The minimum atomic E-state index is -0.622. The van der Waals surface area contributed by atoms with Crippen LogP contribution in [-0.4, -0.2) is 43.3 Å². The summed E-state index contributed by atoms with van der Waals surface area (Å²) in [6.45, 7) is 1.31. The van der Waals surface area contributed by atoms with E-state index in [4.69, 9.17) is 19.5 Å². The summed E-state index contributed by atoms with van der Waals surface area (Å²) in [5.74, 6) is 1.23. The lowest BCUT2D eigenvalue weighted by Crippen LogP contribution is -2.62. The van der Waals surface area contributed by atoms with Crippen LogP contribution in [0.1, 0.15) is 30.0 Å². The van der Waals surface area contributed by atoms with Crippen molar-refractivity contribution in [2.45, 2.75) is 31.1 Å². The van der Waals surface area contributed by atoms with E-state index in [0.29, 0.717) is 17.9 Å². The molecule has 0 unspecified atom stereocenters. The first kappa shape index (κ1) is 18.3. The average molecular weight is 378 g/mol. The van der Waals surface area contributed by atoms with Gasteiger partial charge in [0.2, 0.25) is 6.10 Å². The van der Waals surface area contributed by atoms with Crippen LogP contribution < -0.4 is 9.47 Å². The number of hydrogen-bond donors (Lipinski definition) is 0. The van der Waals surface area contributed by atoms with E-state index in [1.807, 2.05) is 29.2 Å². The van der Waals surface area contributed by atoms with Crippen molar-refractivity contribution in [1.82, 2.24) is 4.90 Å². The van der Waals surface area contributed by atoms with Gasteiger partial charge < -0.3 is 19.1 Å². The fourth-order valence-corrected chi connectivity index (χ4v) is 3.78. The summed E-state index contributed by atoms with van der Waals surface area (Å²) in [6.07, 6.45) is 1.45. The van der Waals surface area contributed by atoms with Crippen LogP contribution in [0.3, 0.4) is 0 Å².